The van der Waals surface area contributed by atoms with Crippen molar-refractivity contribution in [3.63, 3.8) is 0 Å². The first-order chi connectivity index (χ1) is 8.22. The van der Waals surface area contributed by atoms with Crippen molar-refractivity contribution in [1.82, 2.24) is 0 Å². The molecule has 1 amide bonds. The maximum atomic E-state index is 12.0. The van der Waals surface area contributed by atoms with E-state index < -0.39 is 0 Å². The van der Waals surface area contributed by atoms with Crippen molar-refractivity contribution in [2.24, 2.45) is 5.92 Å². The molecule has 0 aromatic heterocycles. The Morgan fingerprint density at radius 1 is 1.53 bits per heavy atom. The number of halogens is 1. The summed E-state index contributed by atoms with van der Waals surface area (Å²) >= 11 is 5.82. The first-order valence-electron chi connectivity index (χ1n) is 5.78. The summed E-state index contributed by atoms with van der Waals surface area (Å²) in [5.41, 5.74) is 1.70. The Hall–Kier alpha value is -1.06. The number of hydrogen-bond donors (Lipinski definition) is 1. The Labute approximate surface area is 106 Å². The van der Waals surface area contributed by atoms with Gasteiger partial charge in [-0.1, -0.05) is 25.1 Å². The molecule has 0 aliphatic carbocycles. The highest BCUT2D eigenvalue weighted by atomic mass is 35.5. The molecule has 1 saturated heterocycles. The van der Waals surface area contributed by atoms with Gasteiger partial charge in [0.2, 0.25) is 0 Å². The maximum absolute atomic E-state index is 12.0. The number of carbonyl (C=O) groups excluding carboxylic acids is 1. The standard InChI is InChI=1S/C13H16ClNO2/c1-9-6-7-17-12(9)13(16)15-11-5-3-2-4-10(11)8-14/h2-5,9,12H,6-8H2,1H3,(H,15,16). The van der Waals surface area contributed by atoms with Crippen molar-refractivity contribution in [3.05, 3.63) is 29.8 Å². The molecule has 1 aliphatic heterocycles. The van der Waals surface area contributed by atoms with Gasteiger partial charge in [-0.2, -0.15) is 0 Å². The topological polar surface area (TPSA) is 38.3 Å². The Balaban J connectivity index is 2.07. The fourth-order valence-electron chi connectivity index (χ4n) is 1.99. The first kappa shape index (κ1) is 12.4. The molecule has 3 nitrogen and oxygen atoms in total. The van der Waals surface area contributed by atoms with Crippen LogP contribution in [0.4, 0.5) is 5.69 Å². The molecule has 1 aliphatic rings. The van der Waals surface area contributed by atoms with Crippen molar-refractivity contribution in [3.8, 4) is 0 Å². The summed E-state index contributed by atoms with van der Waals surface area (Å²) in [6.45, 7) is 2.70. The lowest BCUT2D eigenvalue weighted by atomic mass is 10.0. The number of ether oxygens (including phenoxy) is 1. The summed E-state index contributed by atoms with van der Waals surface area (Å²) < 4.78 is 5.43. The number of alkyl halides is 1. The van der Waals surface area contributed by atoms with Crippen molar-refractivity contribution >= 4 is 23.2 Å². The number of benzene rings is 1. The maximum Gasteiger partial charge on any atom is 0.253 e. The van der Waals surface area contributed by atoms with E-state index in [1.54, 1.807) is 0 Å². The van der Waals surface area contributed by atoms with Crippen molar-refractivity contribution < 1.29 is 9.53 Å². The highest BCUT2D eigenvalue weighted by Gasteiger charge is 2.30. The number of amides is 1. The van der Waals surface area contributed by atoms with Gasteiger partial charge >= 0.3 is 0 Å². The van der Waals surface area contributed by atoms with Gasteiger partial charge in [-0.15, -0.1) is 11.6 Å². The molecule has 92 valence electrons. The molecule has 1 aromatic rings. The zero-order valence-electron chi connectivity index (χ0n) is 9.78. The van der Waals surface area contributed by atoms with Crippen LogP contribution < -0.4 is 5.32 Å². The summed E-state index contributed by atoms with van der Waals surface area (Å²) in [4.78, 5) is 12.0. The van der Waals surface area contributed by atoms with E-state index in [-0.39, 0.29) is 17.9 Å². The van der Waals surface area contributed by atoms with Gasteiger partial charge in [0.25, 0.3) is 5.91 Å². The van der Waals surface area contributed by atoms with Gasteiger partial charge in [0.15, 0.2) is 0 Å². The molecule has 2 unspecified atom stereocenters. The fourth-order valence-corrected chi connectivity index (χ4v) is 2.23. The van der Waals surface area contributed by atoms with Crippen LogP contribution in [-0.4, -0.2) is 18.6 Å². The second kappa shape index (κ2) is 5.52. The Kier molecular flexibility index (Phi) is 4.02. The first-order valence-corrected chi connectivity index (χ1v) is 6.32. The summed E-state index contributed by atoms with van der Waals surface area (Å²) in [5, 5.41) is 2.89. The molecular weight excluding hydrogens is 238 g/mol. The number of para-hydroxylation sites is 1. The van der Waals surface area contributed by atoms with E-state index in [2.05, 4.69) is 5.32 Å². The molecule has 0 spiro atoms. The molecule has 4 heteroatoms. The second-order valence-electron chi connectivity index (χ2n) is 4.34. The third kappa shape index (κ3) is 2.79. The summed E-state index contributed by atoms with van der Waals surface area (Å²) in [6, 6.07) is 7.55. The van der Waals surface area contributed by atoms with Crippen molar-refractivity contribution in [2.75, 3.05) is 11.9 Å². The average molecular weight is 254 g/mol. The highest BCUT2D eigenvalue weighted by molar-refractivity contribution is 6.17. The number of carbonyl (C=O) groups is 1. The van der Waals surface area contributed by atoms with Gasteiger partial charge in [-0.05, 0) is 24.0 Å². The summed E-state index contributed by atoms with van der Waals surface area (Å²) in [6.07, 6.45) is 0.605. The normalized spacial score (nSPS) is 23.6. The lowest BCUT2D eigenvalue weighted by Gasteiger charge is -2.15. The van der Waals surface area contributed by atoms with E-state index in [1.807, 2.05) is 31.2 Å². The van der Waals surface area contributed by atoms with Gasteiger partial charge in [-0.25, -0.2) is 0 Å². The van der Waals surface area contributed by atoms with E-state index in [0.29, 0.717) is 12.5 Å². The third-order valence-electron chi connectivity index (χ3n) is 3.07. The Bertz CT molecular complexity index is 408. The SMILES string of the molecule is CC1CCOC1C(=O)Nc1ccccc1CCl. The predicted molar refractivity (Wildman–Crippen MR) is 68.1 cm³/mol. The highest BCUT2D eigenvalue weighted by Crippen LogP contribution is 2.23. The van der Waals surface area contributed by atoms with Gasteiger partial charge < -0.3 is 10.1 Å². The largest absolute Gasteiger partial charge is 0.368 e. The Morgan fingerprint density at radius 3 is 2.94 bits per heavy atom. The van der Waals surface area contributed by atoms with Crippen LogP contribution in [0.15, 0.2) is 24.3 Å². The van der Waals surface area contributed by atoms with Gasteiger partial charge in [0, 0.05) is 18.2 Å². The Morgan fingerprint density at radius 2 is 2.29 bits per heavy atom. The molecule has 0 saturated carbocycles. The lowest BCUT2D eigenvalue weighted by Crippen LogP contribution is -2.31. The van der Waals surface area contributed by atoms with Crippen LogP contribution in [0, 0.1) is 5.92 Å². The minimum absolute atomic E-state index is 0.0763. The summed E-state index contributed by atoms with van der Waals surface area (Å²) in [5.74, 6) is 0.586. The van der Waals surface area contributed by atoms with E-state index in [9.17, 15) is 4.79 Å². The zero-order valence-corrected chi connectivity index (χ0v) is 10.5. The van der Waals surface area contributed by atoms with E-state index in [0.717, 1.165) is 17.7 Å². The third-order valence-corrected chi connectivity index (χ3v) is 3.35. The monoisotopic (exact) mass is 253 g/mol. The quantitative estimate of drug-likeness (QED) is 0.842. The number of nitrogens with one attached hydrogen (secondary N) is 1. The van der Waals surface area contributed by atoms with Crippen LogP contribution >= 0.6 is 11.6 Å². The molecular formula is C13H16ClNO2. The van der Waals surface area contributed by atoms with Crippen molar-refractivity contribution in [2.45, 2.75) is 25.3 Å². The molecule has 1 heterocycles. The molecule has 0 bridgehead atoms. The van der Waals surface area contributed by atoms with Crippen LogP contribution in [0.25, 0.3) is 0 Å². The van der Waals surface area contributed by atoms with E-state index in [4.69, 9.17) is 16.3 Å². The smallest absolute Gasteiger partial charge is 0.253 e. The summed E-state index contributed by atoms with van der Waals surface area (Å²) in [7, 11) is 0. The zero-order chi connectivity index (χ0) is 12.3. The molecule has 2 rings (SSSR count). The van der Waals surface area contributed by atoms with Gasteiger partial charge in [0.1, 0.15) is 6.10 Å². The number of hydrogen-bond acceptors (Lipinski definition) is 2. The van der Waals surface area contributed by atoms with Crippen LogP contribution in [0.3, 0.4) is 0 Å². The fraction of sp³-hybridized carbons (Fsp3) is 0.462. The van der Waals surface area contributed by atoms with Crippen LogP contribution in [0.1, 0.15) is 18.9 Å². The molecule has 2 atom stereocenters. The van der Waals surface area contributed by atoms with Gasteiger partial charge in [-0.3, -0.25) is 4.79 Å². The van der Waals surface area contributed by atoms with Crippen LogP contribution in [0.5, 0.6) is 0 Å². The van der Waals surface area contributed by atoms with E-state index >= 15 is 0 Å². The van der Waals surface area contributed by atoms with Crippen molar-refractivity contribution in [1.29, 1.82) is 0 Å². The minimum Gasteiger partial charge on any atom is -0.368 e. The minimum atomic E-state index is -0.335. The second-order valence-corrected chi connectivity index (χ2v) is 4.60. The molecule has 1 aromatic carbocycles. The van der Waals surface area contributed by atoms with Crippen LogP contribution in [-0.2, 0) is 15.4 Å². The lowest BCUT2D eigenvalue weighted by molar-refractivity contribution is -0.126. The molecule has 0 radical (unpaired) electrons. The average Bonchev–Trinajstić information content (AvgIpc) is 2.76. The predicted octanol–water partition coefficient (Wildman–Crippen LogP) is 2.79. The number of rotatable bonds is 3. The van der Waals surface area contributed by atoms with Gasteiger partial charge in [0.05, 0.1) is 0 Å². The molecule has 17 heavy (non-hydrogen) atoms. The van der Waals surface area contributed by atoms with Crippen LogP contribution in [0.2, 0.25) is 0 Å². The molecule has 1 fully saturated rings. The molecule has 1 N–H and O–H groups in total. The van der Waals surface area contributed by atoms with E-state index in [1.165, 1.54) is 0 Å². The number of anilines is 1.